The lowest BCUT2D eigenvalue weighted by Gasteiger charge is -2.51. The summed E-state index contributed by atoms with van der Waals surface area (Å²) in [7, 11) is 0. The number of thiophene rings is 1. The number of fused-ring (bicyclic) bond motifs is 1. The van der Waals surface area contributed by atoms with Crippen molar-refractivity contribution in [3.05, 3.63) is 59.6 Å². The molecule has 1 N–H and O–H groups in total. The van der Waals surface area contributed by atoms with Crippen LogP contribution in [0.1, 0.15) is 6.92 Å². The predicted molar refractivity (Wildman–Crippen MR) is 116 cm³/mol. The number of hydrogen-bond acceptors (Lipinski definition) is 7. The van der Waals surface area contributed by atoms with Crippen LogP contribution in [0.4, 0.5) is 5.00 Å². The zero-order valence-electron chi connectivity index (χ0n) is 15.6. The molecule has 0 aliphatic carbocycles. The maximum absolute atomic E-state index is 12.9. The third-order valence-electron chi connectivity index (χ3n) is 4.66. The Bertz CT molecular complexity index is 1040. The number of amides is 2. The summed E-state index contributed by atoms with van der Waals surface area (Å²) in [6.07, 6.45) is 1.34. The second kappa shape index (κ2) is 8.29. The summed E-state index contributed by atoms with van der Waals surface area (Å²) in [6, 6.07) is 11.6. The Balaban J connectivity index is 1.62. The molecule has 1 fully saturated rings. The largest absolute Gasteiger partial charge is 0.480 e. The van der Waals surface area contributed by atoms with Crippen LogP contribution in [0.25, 0.3) is 0 Å². The van der Waals surface area contributed by atoms with Gasteiger partial charge in [0.1, 0.15) is 16.7 Å². The van der Waals surface area contributed by atoms with Crippen molar-refractivity contribution in [1.29, 1.82) is 0 Å². The molecule has 10 heteroatoms. The fourth-order valence-corrected chi connectivity index (χ4v) is 6.39. The van der Waals surface area contributed by atoms with E-state index in [0.717, 1.165) is 23.5 Å². The van der Waals surface area contributed by atoms with Gasteiger partial charge in [-0.05, 0) is 41.4 Å². The number of nitrogens with zero attached hydrogens (tertiary/aromatic N) is 2. The number of carboxylic acid groups (broad SMARTS) is 1. The molecule has 30 heavy (non-hydrogen) atoms. The first-order valence-electron chi connectivity index (χ1n) is 8.91. The number of aliphatic carboxylic acids is 1. The molecule has 7 nitrogen and oxygen atoms in total. The third kappa shape index (κ3) is 3.66. The van der Waals surface area contributed by atoms with Crippen LogP contribution in [-0.2, 0) is 19.2 Å². The summed E-state index contributed by atoms with van der Waals surface area (Å²) >= 11 is 3.26. The van der Waals surface area contributed by atoms with Crippen LogP contribution in [0.5, 0.6) is 0 Å². The smallest absolute Gasteiger partial charge is 0.321 e. The Kier molecular flexibility index (Phi) is 5.72. The second-order valence-corrected chi connectivity index (χ2v) is 9.76. The molecule has 1 aromatic carbocycles. The van der Waals surface area contributed by atoms with E-state index in [-0.39, 0.29) is 17.4 Å². The lowest BCUT2D eigenvalue weighted by atomic mass is 10.0. The molecule has 2 aliphatic heterocycles. The summed E-state index contributed by atoms with van der Waals surface area (Å²) in [4.78, 5) is 53.3. The van der Waals surface area contributed by atoms with Crippen LogP contribution < -0.4 is 4.90 Å². The molecule has 1 aromatic heterocycles. The molecule has 2 amide bonds. The highest BCUT2D eigenvalue weighted by molar-refractivity contribution is 8.14. The van der Waals surface area contributed by atoms with Crippen LogP contribution in [0.15, 0.2) is 64.5 Å². The maximum Gasteiger partial charge on any atom is 0.321 e. The summed E-state index contributed by atoms with van der Waals surface area (Å²) in [5.74, 6) is -1.79. The normalized spacial score (nSPS) is 22.6. The van der Waals surface area contributed by atoms with Gasteiger partial charge in [0, 0.05) is 23.6 Å². The number of carbonyl (C=O) groups is 4. The van der Waals surface area contributed by atoms with E-state index in [0.29, 0.717) is 9.90 Å². The second-order valence-electron chi connectivity index (χ2n) is 6.56. The van der Waals surface area contributed by atoms with Gasteiger partial charge in [0.15, 0.2) is 0 Å². The molecule has 2 unspecified atom stereocenters. The zero-order chi connectivity index (χ0) is 21.4. The first-order valence-corrected chi connectivity index (χ1v) is 11.5. The van der Waals surface area contributed by atoms with E-state index in [4.69, 9.17) is 0 Å². The summed E-state index contributed by atoms with van der Waals surface area (Å²) in [6.45, 7) is 1.37. The molecule has 4 rings (SSSR count). The number of anilines is 1. The number of carbonyl (C=O) groups excluding carboxylic acids is 3. The maximum atomic E-state index is 12.9. The Morgan fingerprint density at radius 1 is 1.13 bits per heavy atom. The fourth-order valence-electron chi connectivity index (χ4n) is 3.32. The van der Waals surface area contributed by atoms with Crippen molar-refractivity contribution in [3.63, 3.8) is 0 Å². The Labute approximate surface area is 184 Å². The molecule has 0 saturated carbocycles. The third-order valence-corrected chi connectivity index (χ3v) is 7.95. The molecular formula is C20H16N2O5S3. The molecule has 3 heterocycles. The van der Waals surface area contributed by atoms with Crippen molar-refractivity contribution in [2.75, 3.05) is 4.90 Å². The van der Waals surface area contributed by atoms with Gasteiger partial charge in [-0.25, -0.2) is 0 Å². The van der Waals surface area contributed by atoms with Gasteiger partial charge in [0.05, 0.1) is 5.00 Å². The van der Waals surface area contributed by atoms with Crippen molar-refractivity contribution in [2.45, 2.75) is 28.5 Å². The van der Waals surface area contributed by atoms with Crippen LogP contribution in [0.2, 0.25) is 0 Å². The average molecular weight is 461 g/mol. The van der Waals surface area contributed by atoms with Crippen molar-refractivity contribution >= 4 is 62.8 Å². The Hall–Kier alpha value is -2.56. The predicted octanol–water partition coefficient (Wildman–Crippen LogP) is 3.04. The van der Waals surface area contributed by atoms with Gasteiger partial charge >= 0.3 is 5.97 Å². The molecule has 3 atom stereocenters. The first kappa shape index (κ1) is 20.7. The molecule has 154 valence electrons. The first-order chi connectivity index (χ1) is 14.4. The van der Waals surface area contributed by atoms with E-state index in [1.807, 2.05) is 6.07 Å². The highest BCUT2D eigenvalue weighted by Crippen LogP contribution is 2.45. The van der Waals surface area contributed by atoms with E-state index in [2.05, 4.69) is 0 Å². The van der Waals surface area contributed by atoms with Crippen molar-refractivity contribution in [3.8, 4) is 0 Å². The van der Waals surface area contributed by atoms with Crippen molar-refractivity contribution in [2.24, 2.45) is 0 Å². The molecule has 2 aromatic rings. The average Bonchev–Trinajstić information content (AvgIpc) is 3.25. The van der Waals surface area contributed by atoms with Gasteiger partial charge in [-0.3, -0.25) is 24.1 Å². The van der Waals surface area contributed by atoms with E-state index < -0.39 is 27.8 Å². The number of benzene rings is 1. The van der Waals surface area contributed by atoms with Crippen molar-refractivity contribution in [1.82, 2.24) is 4.90 Å². The van der Waals surface area contributed by atoms with Crippen LogP contribution >= 0.6 is 34.9 Å². The highest BCUT2D eigenvalue weighted by Gasteiger charge is 2.56. The Morgan fingerprint density at radius 2 is 1.87 bits per heavy atom. The summed E-state index contributed by atoms with van der Waals surface area (Å²) < 4.78 is 0. The zero-order valence-corrected chi connectivity index (χ0v) is 18.1. The van der Waals surface area contributed by atoms with Gasteiger partial charge in [-0.1, -0.05) is 18.2 Å². The van der Waals surface area contributed by atoms with Gasteiger partial charge in [0.2, 0.25) is 11.0 Å². The molecule has 0 bridgehead atoms. The van der Waals surface area contributed by atoms with Crippen LogP contribution in [0.3, 0.4) is 0 Å². The number of carboxylic acids is 1. The quantitative estimate of drug-likeness (QED) is 0.541. The van der Waals surface area contributed by atoms with Crippen LogP contribution in [0, 0.1) is 0 Å². The number of β-lactam (4-membered cyclic amide) rings is 1. The lowest BCUT2D eigenvalue weighted by Crippen LogP contribution is -2.70. The summed E-state index contributed by atoms with van der Waals surface area (Å²) in [5.41, 5.74) is 0.0508. The minimum atomic E-state index is -1.16. The SMILES string of the molecule is CC(=O)N(c1cccs1)C1C(=O)N2C=C(C(=O)Sc3ccccc3)C(C(=O)O)S[C@H]12. The molecule has 1 saturated heterocycles. The van der Waals surface area contributed by atoms with E-state index in [9.17, 15) is 24.3 Å². The fraction of sp³-hybridized carbons (Fsp3) is 0.200. The number of thioether (sulfide) groups is 2. The van der Waals surface area contributed by atoms with E-state index in [1.54, 1.807) is 41.8 Å². The molecule has 2 aliphatic rings. The Morgan fingerprint density at radius 3 is 2.47 bits per heavy atom. The summed E-state index contributed by atoms with van der Waals surface area (Å²) in [5, 5.41) is 10.0. The standard InChI is InChI=1S/C20H16N2O5S3/c1-11(23)22(14-8-5-9-28-14)15-17(24)21-10-13(16(19(25)26)30-18(15)21)20(27)29-12-6-3-2-4-7-12/h2-10,15-16,18H,1H3,(H,25,26)/t15?,16?,18-/m1/s1. The minimum absolute atomic E-state index is 0.0508. The molecule has 0 spiro atoms. The van der Waals surface area contributed by atoms with Crippen LogP contribution in [-0.4, -0.2) is 49.6 Å². The van der Waals surface area contributed by atoms with Gasteiger partial charge in [-0.15, -0.1) is 23.1 Å². The highest BCUT2D eigenvalue weighted by atomic mass is 32.2. The van der Waals surface area contributed by atoms with Gasteiger partial charge < -0.3 is 10.0 Å². The lowest BCUT2D eigenvalue weighted by molar-refractivity contribution is -0.143. The van der Waals surface area contributed by atoms with Crippen molar-refractivity contribution < 1.29 is 24.3 Å². The minimum Gasteiger partial charge on any atom is -0.480 e. The van der Waals surface area contributed by atoms with E-state index >= 15 is 0 Å². The topological polar surface area (TPSA) is 95.0 Å². The number of rotatable bonds is 5. The molecule has 0 radical (unpaired) electrons. The van der Waals surface area contributed by atoms with Gasteiger partial charge in [-0.2, -0.15) is 0 Å². The number of hydrogen-bond donors (Lipinski definition) is 1. The van der Waals surface area contributed by atoms with Gasteiger partial charge in [0.25, 0.3) is 5.91 Å². The van der Waals surface area contributed by atoms with E-state index in [1.165, 1.54) is 34.3 Å². The monoisotopic (exact) mass is 460 g/mol. The molecular weight excluding hydrogens is 444 g/mol.